The van der Waals surface area contributed by atoms with Crippen molar-refractivity contribution in [2.24, 2.45) is 11.8 Å². The fraction of sp³-hybridized carbons (Fsp3) is 0.900. The number of rotatable bonds is 5. The summed E-state index contributed by atoms with van der Waals surface area (Å²) in [6, 6.07) is 0. The van der Waals surface area contributed by atoms with Crippen LogP contribution in [0.5, 0.6) is 0 Å². The average Bonchev–Trinajstić information content (AvgIpc) is 2.95. The van der Waals surface area contributed by atoms with Crippen molar-refractivity contribution in [3.05, 3.63) is 0 Å². The minimum Gasteiger partial charge on any atom is -0.469 e. The summed E-state index contributed by atoms with van der Waals surface area (Å²) < 4.78 is 9.90. The Bertz CT molecular complexity index is 175. The third-order valence-corrected chi connectivity index (χ3v) is 2.68. The van der Waals surface area contributed by atoms with E-state index in [-0.39, 0.29) is 11.9 Å². The van der Waals surface area contributed by atoms with E-state index in [0.717, 1.165) is 19.4 Å². The molecule has 0 aliphatic carbocycles. The Kier molecular flexibility index (Phi) is 3.72. The molecule has 3 nitrogen and oxygen atoms in total. The number of esters is 1. The first-order chi connectivity index (χ1) is 6.19. The van der Waals surface area contributed by atoms with Gasteiger partial charge in [0.15, 0.2) is 0 Å². The summed E-state index contributed by atoms with van der Waals surface area (Å²) in [5, 5.41) is 0. The first-order valence-corrected chi connectivity index (χ1v) is 4.88. The zero-order chi connectivity index (χ0) is 9.84. The number of carbonyl (C=O) groups is 1. The van der Waals surface area contributed by atoms with E-state index < -0.39 is 0 Å². The van der Waals surface area contributed by atoms with Gasteiger partial charge in [-0.1, -0.05) is 13.8 Å². The third kappa shape index (κ3) is 2.99. The van der Waals surface area contributed by atoms with Crippen LogP contribution in [0.25, 0.3) is 0 Å². The lowest BCUT2D eigenvalue weighted by Gasteiger charge is -2.15. The molecule has 76 valence electrons. The summed E-state index contributed by atoms with van der Waals surface area (Å²) in [7, 11) is 1.45. The molecule has 1 aliphatic rings. The molecule has 1 saturated heterocycles. The van der Waals surface area contributed by atoms with Gasteiger partial charge < -0.3 is 9.47 Å². The lowest BCUT2D eigenvalue weighted by Crippen LogP contribution is -2.20. The number of ether oxygens (including phenoxy) is 2. The van der Waals surface area contributed by atoms with Crippen LogP contribution in [0.3, 0.4) is 0 Å². The summed E-state index contributed by atoms with van der Waals surface area (Å²) in [6.07, 6.45) is 2.12. The first-order valence-electron chi connectivity index (χ1n) is 4.88. The maximum atomic E-state index is 11.3. The van der Waals surface area contributed by atoms with Crippen molar-refractivity contribution < 1.29 is 14.3 Å². The molecule has 0 spiro atoms. The second-order valence-electron chi connectivity index (χ2n) is 3.71. The van der Waals surface area contributed by atoms with Crippen LogP contribution in [0.15, 0.2) is 0 Å². The maximum absolute atomic E-state index is 11.3. The van der Waals surface area contributed by atoms with Crippen molar-refractivity contribution >= 4 is 5.97 Å². The van der Waals surface area contributed by atoms with Crippen LogP contribution in [-0.4, -0.2) is 25.8 Å². The van der Waals surface area contributed by atoms with Gasteiger partial charge in [0.2, 0.25) is 0 Å². The fourth-order valence-corrected chi connectivity index (χ4v) is 1.58. The minimum absolute atomic E-state index is 0.0456. The SMILES string of the molecule is CCC(CC(C)C1CO1)C(=O)OC. The molecule has 1 fully saturated rings. The zero-order valence-corrected chi connectivity index (χ0v) is 8.58. The normalized spacial score (nSPS) is 25.0. The quantitative estimate of drug-likeness (QED) is 0.483. The molecule has 1 heterocycles. The number of carbonyl (C=O) groups excluding carboxylic acids is 1. The Balaban J connectivity index is 2.33. The topological polar surface area (TPSA) is 38.8 Å². The molecule has 1 rings (SSSR count). The molecule has 13 heavy (non-hydrogen) atoms. The molecular weight excluding hydrogens is 168 g/mol. The Morgan fingerprint density at radius 1 is 1.69 bits per heavy atom. The molecule has 0 aromatic rings. The van der Waals surface area contributed by atoms with Crippen LogP contribution in [-0.2, 0) is 14.3 Å². The van der Waals surface area contributed by atoms with Crippen molar-refractivity contribution in [3.63, 3.8) is 0 Å². The largest absolute Gasteiger partial charge is 0.469 e. The van der Waals surface area contributed by atoms with Gasteiger partial charge in [0.1, 0.15) is 0 Å². The lowest BCUT2D eigenvalue weighted by molar-refractivity contribution is -0.146. The highest BCUT2D eigenvalue weighted by Crippen LogP contribution is 2.27. The third-order valence-electron chi connectivity index (χ3n) is 2.68. The molecule has 0 N–H and O–H groups in total. The highest BCUT2D eigenvalue weighted by Gasteiger charge is 2.32. The van der Waals surface area contributed by atoms with Crippen molar-refractivity contribution in [2.45, 2.75) is 32.8 Å². The van der Waals surface area contributed by atoms with Gasteiger partial charge in [-0.05, 0) is 18.8 Å². The Labute approximate surface area is 79.4 Å². The fourth-order valence-electron chi connectivity index (χ4n) is 1.58. The number of hydrogen-bond acceptors (Lipinski definition) is 3. The van der Waals surface area contributed by atoms with Crippen LogP contribution in [0, 0.1) is 11.8 Å². The van der Waals surface area contributed by atoms with Crippen molar-refractivity contribution in [3.8, 4) is 0 Å². The lowest BCUT2D eigenvalue weighted by atomic mass is 9.92. The van der Waals surface area contributed by atoms with Crippen LogP contribution in [0.2, 0.25) is 0 Å². The highest BCUT2D eigenvalue weighted by atomic mass is 16.6. The summed E-state index contributed by atoms with van der Waals surface area (Å²) in [5.74, 6) is 0.434. The van der Waals surface area contributed by atoms with E-state index in [1.54, 1.807) is 0 Å². The van der Waals surface area contributed by atoms with E-state index in [9.17, 15) is 4.79 Å². The van der Waals surface area contributed by atoms with Crippen LogP contribution < -0.4 is 0 Å². The standard InChI is InChI=1S/C10H18O3/c1-4-8(10(11)12-3)5-7(2)9-6-13-9/h7-9H,4-6H2,1-3H3. The van der Waals surface area contributed by atoms with Gasteiger partial charge in [-0.2, -0.15) is 0 Å². The van der Waals surface area contributed by atoms with Crippen LogP contribution in [0.1, 0.15) is 26.7 Å². The highest BCUT2D eigenvalue weighted by molar-refractivity contribution is 5.72. The Morgan fingerprint density at radius 2 is 2.31 bits per heavy atom. The molecule has 0 saturated carbocycles. The predicted molar refractivity (Wildman–Crippen MR) is 49.3 cm³/mol. The molecule has 0 aromatic carbocycles. The van der Waals surface area contributed by atoms with E-state index in [4.69, 9.17) is 9.47 Å². The van der Waals surface area contributed by atoms with Gasteiger partial charge in [-0.15, -0.1) is 0 Å². The number of epoxide rings is 1. The second kappa shape index (κ2) is 4.61. The van der Waals surface area contributed by atoms with Gasteiger partial charge in [0.25, 0.3) is 0 Å². The molecule has 0 bridgehead atoms. The first kappa shape index (κ1) is 10.5. The summed E-state index contributed by atoms with van der Waals surface area (Å²) in [5.41, 5.74) is 0. The molecule has 3 heteroatoms. The predicted octanol–water partition coefficient (Wildman–Crippen LogP) is 1.61. The second-order valence-corrected chi connectivity index (χ2v) is 3.71. The van der Waals surface area contributed by atoms with Gasteiger partial charge in [0.05, 0.1) is 25.7 Å². The van der Waals surface area contributed by atoms with Gasteiger partial charge in [0, 0.05) is 0 Å². The van der Waals surface area contributed by atoms with E-state index in [2.05, 4.69) is 6.92 Å². The number of hydrogen-bond donors (Lipinski definition) is 0. The molecule has 3 unspecified atom stereocenters. The molecule has 0 aromatic heterocycles. The molecule has 0 amide bonds. The summed E-state index contributed by atoms with van der Waals surface area (Å²) in [6.45, 7) is 5.00. The Hall–Kier alpha value is -0.570. The molecule has 1 aliphatic heterocycles. The monoisotopic (exact) mass is 186 g/mol. The number of methoxy groups -OCH3 is 1. The van der Waals surface area contributed by atoms with E-state index in [1.807, 2.05) is 6.92 Å². The van der Waals surface area contributed by atoms with Crippen LogP contribution >= 0.6 is 0 Å². The molecule has 3 atom stereocenters. The maximum Gasteiger partial charge on any atom is 0.308 e. The van der Waals surface area contributed by atoms with Crippen molar-refractivity contribution in [1.29, 1.82) is 0 Å². The van der Waals surface area contributed by atoms with Crippen molar-refractivity contribution in [2.75, 3.05) is 13.7 Å². The van der Waals surface area contributed by atoms with Gasteiger partial charge in [-0.3, -0.25) is 4.79 Å². The smallest absolute Gasteiger partial charge is 0.308 e. The molecule has 0 radical (unpaired) electrons. The van der Waals surface area contributed by atoms with Gasteiger partial charge >= 0.3 is 5.97 Å². The van der Waals surface area contributed by atoms with E-state index >= 15 is 0 Å². The van der Waals surface area contributed by atoms with E-state index in [1.165, 1.54) is 7.11 Å². The average molecular weight is 186 g/mol. The molecular formula is C10H18O3. The van der Waals surface area contributed by atoms with Crippen molar-refractivity contribution in [1.82, 2.24) is 0 Å². The van der Waals surface area contributed by atoms with Gasteiger partial charge in [-0.25, -0.2) is 0 Å². The minimum atomic E-state index is -0.0880. The van der Waals surface area contributed by atoms with Crippen LogP contribution in [0.4, 0.5) is 0 Å². The Morgan fingerprint density at radius 3 is 2.69 bits per heavy atom. The summed E-state index contributed by atoms with van der Waals surface area (Å²) in [4.78, 5) is 11.3. The zero-order valence-electron chi connectivity index (χ0n) is 8.58. The van der Waals surface area contributed by atoms with E-state index in [0.29, 0.717) is 12.0 Å². The summed E-state index contributed by atoms with van der Waals surface area (Å²) >= 11 is 0.